The smallest absolute Gasteiger partial charge is 0.317 e. The van der Waals surface area contributed by atoms with Crippen LogP contribution in [0.5, 0.6) is 0 Å². The topological polar surface area (TPSA) is 71.3 Å². The molecule has 2 atom stereocenters. The normalized spacial score (nSPS) is 30.0. The van der Waals surface area contributed by atoms with Crippen molar-refractivity contribution < 1.29 is 14.3 Å². The predicted molar refractivity (Wildman–Crippen MR) is 75.7 cm³/mol. The largest absolute Gasteiger partial charge is 0.442 e. The van der Waals surface area contributed by atoms with Gasteiger partial charge in [-0.2, -0.15) is 5.26 Å². The zero-order chi connectivity index (χ0) is 15.1. The van der Waals surface area contributed by atoms with Gasteiger partial charge in [0.05, 0.1) is 12.7 Å². The number of hydrogen-bond acceptors (Lipinski definition) is 4. The van der Waals surface area contributed by atoms with Crippen LogP contribution in [-0.2, 0) is 14.3 Å². The Morgan fingerprint density at radius 3 is 2.76 bits per heavy atom. The predicted octanol–water partition coefficient (Wildman–Crippen LogP) is 2.43. The number of nitrogens with zero attached hydrogens (tertiary/aromatic N) is 1. The summed E-state index contributed by atoms with van der Waals surface area (Å²) in [6, 6.07) is 9.29. The second-order valence-electron chi connectivity index (χ2n) is 5.10. The summed E-state index contributed by atoms with van der Waals surface area (Å²) in [5.41, 5.74) is -0.245. The average molecular weight is 305 g/mol. The number of hydrogen-bond donors (Lipinski definition) is 1. The molecule has 1 N–H and O–H groups in total. The Morgan fingerprint density at radius 1 is 1.43 bits per heavy atom. The molecule has 108 valence electrons. The fourth-order valence-electron chi connectivity index (χ4n) is 2.67. The molecule has 5 nitrogen and oxygen atoms in total. The number of benzene rings is 1. The van der Waals surface area contributed by atoms with E-state index in [4.69, 9.17) is 21.1 Å². The van der Waals surface area contributed by atoms with E-state index in [2.05, 4.69) is 11.4 Å². The van der Waals surface area contributed by atoms with E-state index in [1.165, 1.54) is 6.92 Å². The van der Waals surface area contributed by atoms with Gasteiger partial charge in [-0.1, -0.05) is 11.6 Å². The molecule has 1 aromatic carbocycles. The standard InChI is InChI=1S/C15H13ClN2O3/c1-10(19)18-15-14(9-17,6-7-20-15)8-13(21-15)11-2-4-12(16)5-3-11/h2-5,8H,6-7H2,1H3,(H,18,19). The van der Waals surface area contributed by atoms with E-state index in [-0.39, 0.29) is 5.91 Å². The molecule has 3 rings (SSSR count). The molecule has 1 amide bonds. The summed E-state index contributed by atoms with van der Waals surface area (Å²) in [6.45, 7) is 1.71. The number of amides is 1. The summed E-state index contributed by atoms with van der Waals surface area (Å²) in [5, 5.41) is 12.8. The van der Waals surface area contributed by atoms with Gasteiger partial charge in [0.15, 0.2) is 5.41 Å². The molecule has 1 aromatic rings. The third-order valence-corrected chi connectivity index (χ3v) is 3.94. The fourth-order valence-corrected chi connectivity index (χ4v) is 2.79. The Kier molecular flexibility index (Phi) is 3.16. The molecule has 21 heavy (non-hydrogen) atoms. The molecule has 2 heterocycles. The zero-order valence-electron chi connectivity index (χ0n) is 11.4. The van der Waals surface area contributed by atoms with Gasteiger partial charge < -0.3 is 9.47 Å². The zero-order valence-corrected chi connectivity index (χ0v) is 12.1. The van der Waals surface area contributed by atoms with Gasteiger partial charge in [0.1, 0.15) is 5.76 Å². The maximum atomic E-state index is 11.5. The Morgan fingerprint density at radius 2 is 2.14 bits per heavy atom. The van der Waals surface area contributed by atoms with Crippen LogP contribution in [0.15, 0.2) is 30.3 Å². The van der Waals surface area contributed by atoms with E-state index in [1.54, 1.807) is 30.3 Å². The fraction of sp³-hybridized carbons (Fsp3) is 0.333. The van der Waals surface area contributed by atoms with Gasteiger partial charge in [0.2, 0.25) is 5.91 Å². The first-order chi connectivity index (χ1) is 10.0. The lowest BCUT2D eigenvalue weighted by Gasteiger charge is -2.32. The number of carbonyl (C=O) groups excluding carboxylic acids is 1. The van der Waals surface area contributed by atoms with E-state index in [0.29, 0.717) is 23.8 Å². The molecular formula is C15H13ClN2O3. The number of rotatable bonds is 2. The lowest BCUT2D eigenvalue weighted by molar-refractivity contribution is -0.208. The quantitative estimate of drug-likeness (QED) is 0.911. The van der Waals surface area contributed by atoms with Crippen LogP contribution < -0.4 is 5.32 Å². The second kappa shape index (κ2) is 4.76. The molecule has 0 radical (unpaired) electrons. The summed E-state index contributed by atoms with van der Waals surface area (Å²) in [5.74, 6) is -1.26. The highest BCUT2D eigenvalue weighted by Gasteiger charge is 2.64. The maximum Gasteiger partial charge on any atom is 0.317 e. The van der Waals surface area contributed by atoms with E-state index in [9.17, 15) is 10.1 Å². The molecule has 1 saturated heterocycles. The minimum atomic E-state index is -1.44. The molecule has 2 aliphatic heterocycles. The highest BCUT2D eigenvalue weighted by molar-refractivity contribution is 6.30. The van der Waals surface area contributed by atoms with Crippen LogP contribution in [0.1, 0.15) is 18.9 Å². The summed E-state index contributed by atoms with van der Waals surface area (Å²) >= 11 is 5.87. The van der Waals surface area contributed by atoms with Crippen LogP contribution in [0.4, 0.5) is 0 Å². The van der Waals surface area contributed by atoms with E-state index < -0.39 is 11.3 Å². The highest BCUT2D eigenvalue weighted by Crippen LogP contribution is 2.52. The number of nitriles is 1. The van der Waals surface area contributed by atoms with Crippen molar-refractivity contribution in [2.75, 3.05) is 6.61 Å². The Balaban J connectivity index is 2.02. The van der Waals surface area contributed by atoms with Crippen LogP contribution in [0.2, 0.25) is 5.02 Å². The van der Waals surface area contributed by atoms with Gasteiger partial charge in [-0.25, -0.2) is 0 Å². The minimum absolute atomic E-state index is 0.317. The number of nitrogens with one attached hydrogen (secondary N) is 1. The molecule has 1 fully saturated rings. The molecule has 0 saturated carbocycles. The number of fused-ring (bicyclic) bond motifs is 1. The monoisotopic (exact) mass is 304 g/mol. The van der Waals surface area contributed by atoms with E-state index >= 15 is 0 Å². The van der Waals surface area contributed by atoms with Crippen molar-refractivity contribution in [2.24, 2.45) is 5.41 Å². The first-order valence-electron chi connectivity index (χ1n) is 6.52. The van der Waals surface area contributed by atoms with Gasteiger partial charge in [-0.3, -0.25) is 10.1 Å². The van der Waals surface area contributed by atoms with Crippen molar-refractivity contribution in [3.8, 4) is 6.07 Å². The number of carbonyl (C=O) groups is 1. The second-order valence-corrected chi connectivity index (χ2v) is 5.53. The highest BCUT2D eigenvalue weighted by atomic mass is 35.5. The third kappa shape index (κ3) is 2.08. The van der Waals surface area contributed by atoms with Crippen molar-refractivity contribution >= 4 is 23.3 Å². The van der Waals surface area contributed by atoms with Crippen molar-refractivity contribution in [1.29, 1.82) is 5.26 Å². The lowest BCUT2D eigenvalue weighted by Crippen LogP contribution is -2.56. The molecule has 2 unspecified atom stereocenters. The van der Waals surface area contributed by atoms with E-state index in [1.807, 2.05) is 0 Å². The average Bonchev–Trinajstić information content (AvgIpc) is 2.90. The molecular weight excluding hydrogens is 292 g/mol. The minimum Gasteiger partial charge on any atom is -0.442 e. The number of halogens is 1. The summed E-state index contributed by atoms with van der Waals surface area (Å²) in [7, 11) is 0. The van der Waals surface area contributed by atoms with Gasteiger partial charge in [-0.05, 0) is 30.3 Å². The number of ether oxygens (including phenoxy) is 2. The Bertz CT molecular complexity index is 664. The SMILES string of the molecule is CC(=O)NC12OCCC1(C#N)C=C(c1ccc(Cl)cc1)O2. The first kappa shape index (κ1) is 13.9. The molecule has 0 aromatic heterocycles. The van der Waals surface area contributed by atoms with Crippen LogP contribution in [0, 0.1) is 16.7 Å². The van der Waals surface area contributed by atoms with Crippen LogP contribution >= 0.6 is 11.6 Å². The first-order valence-corrected chi connectivity index (χ1v) is 6.90. The lowest BCUT2D eigenvalue weighted by atomic mass is 9.84. The van der Waals surface area contributed by atoms with Crippen molar-refractivity contribution in [3.63, 3.8) is 0 Å². The van der Waals surface area contributed by atoms with Crippen LogP contribution in [0.25, 0.3) is 5.76 Å². The van der Waals surface area contributed by atoms with Gasteiger partial charge >= 0.3 is 5.91 Å². The van der Waals surface area contributed by atoms with Crippen LogP contribution in [-0.4, -0.2) is 18.4 Å². The Hall–Kier alpha value is -2.03. The summed E-state index contributed by atoms with van der Waals surface area (Å²) < 4.78 is 11.4. The van der Waals surface area contributed by atoms with Crippen LogP contribution in [0.3, 0.4) is 0 Å². The molecule has 6 heteroatoms. The summed E-state index contributed by atoms with van der Waals surface area (Å²) in [6.07, 6.45) is 2.18. The molecule has 0 spiro atoms. The summed E-state index contributed by atoms with van der Waals surface area (Å²) in [4.78, 5) is 11.5. The maximum absolute atomic E-state index is 11.5. The molecule has 0 aliphatic carbocycles. The van der Waals surface area contributed by atoms with Gasteiger partial charge in [0, 0.05) is 23.9 Å². The van der Waals surface area contributed by atoms with Crippen molar-refractivity contribution in [1.82, 2.24) is 5.32 Å². The van der Waals surface area contributed by atoms with Gasteiger partial charge in [-0.15, -0.1) is 0 Å². The van der Waals surface area contributed by atoms with Gasteiger partial charge in [0.25, 0.3) is 0 Å². The molecule has 2 aliphatic rings. The third-order valence-electron chi connectivity index (χ3n) is 3.69. The van der Waals surface area contributed by atoms with Crippen molar-refractivity contribution in [3.05, 3.63) is 40.9 Å². The molecule has 0 bridgehead atoms. The van der Waals surface area contributed by atoms with Crippen molar-refractivity contribution in [2.45, 2.75) is 19.3 Å². The van der Waals surface area contributed by atoms with E-state index in [0.717, 1.165) is 5.56 Å². The Labute approximate surface area is 127 Å².